The first-order valence-corrected chi connectivity index (χ1v) is 21.8. The normalized spacial score (nSPS) is 32.1. The van der Waals surface area contributed by atoms with Crippen LogP contribution >= 0.6 is 0 Å². The fraction of sp³-hybridized carbons (Fsp3) is 0.783. The van der Waals surface area contributed by atoms with Gasteiger partial charge in [0.15, 0.2) is 19.5 Å². The van der Waals surface area contributed by atoms with Crippen LogP contribution in [0.25, 0.3) is 0 Å². The molecule has 0 aromatic carbocycles. The summed E-state index contributed by atoms with van der Waals surface area (Å²) in [5.41, 5.74) is -2.09. The minimum Gasteiger partial charge on any atom is -0.548 e. The Morgan fingerprint density at radius 2 is 1.62 bits per heavy atom. The fourth-order valence-corrected chi connectivity index (χ4v) is 7.36. The van der Waals surface area contributed by atoms with Gasteiger partial charge in [-0.25, -0.2) is 4.79 Å². The molecule has 2 aliphatic rings. The number of esters is 1. The summed E-state index contributed by atoms with van der Waals surface area (Å²) in [7, 11) is -5.63. The molecule has 0 spiro atoms. The maximum absolute atomic E-state index is 13.2. The van der Waals surface area contributed by atoms with E-state index in [4.69, 9.17) is 22.8 Å². The van der Waals surface area contributed by atoms with Crippen LogP contribution < -0.4 is 0 Å². The Morgan fingerprint density at radius 1 is 1.03 bits per heavy atom. The summed E-state index contributed by atoms with van der Waals surface area (Å²) < 4.78 is 32.0. The number of carbonyl (C=O) groups is 1. The van der Waals surface area contributed by atoms with Crippen LogP contribution in [0.15, 0.2) is 23.7 Å². The van der Waals surface area contributed by atoms with Crippen molar-refractivity contribution in [1.82, 2.24) is 0 Å². The lowest BCUT2D eigenvalue weighted by Gasteiger charge is -2.57. The van der Waals surface area contributed by atoms with Gasteiger partial charge in [-0.15, -0.1) is 0 Å². The molecule has 3 atom stereocenters. The maximum atomic E-state index is 13.2. The van der Waals surface area contributed by atoms with E-state index < -0.39 is 41.9 Å². The zero-order chi connectivity index (χ0) is 24.8. The molecular formula is C23H44O6Si3. The monoisotopic (exact) mass is 500 g/mol. The number of allylic oxidation sites excluding steroid dienone is 1. The van der Waals surface area contributed by atoms with Gasteiger partial charge in [-0.1, -0.05) is 0 Å². The van der Waals surface area contributed by atoms with Crippen LogP contribution in [0.4, 0.5) is 0 Å². The maximum Gasteiger partial charge on any atom is 0.339 e. The molecule has 0 unspecified atom stereocenters. The molecule has 6 nitrogen and oxygen atoms in total. The van der Waals surface area contributed by atoms with E-state index in [1.807, 2.05) is 26.0 Å². The van der Waals surface area contributed by atoms with Crippen molar-refractivity contribution >= 4 is 30.9 Å². The van der Waals surface area contributed by atoms with E-state index in [0.29, 0.717) is 19.3 Å². The van der Waals surface area contributed by atoms with Gasteiger partial charge in [-0.05, 0) is 91.8 Å². The van der Waals surface area contributed by atoms with E-state index in [0.717, 1.165) is 11.5 Å². The molecule has 1 aliphatic carbocycles. The molecule has 32 heavy (non-hydrogen) atoms. The number of carbonyl (C=O) groups excluding carboxylic acids is 1. The van der Waals surface area contributed by atoms with Crippen LogP contribution in [0, 0.1) is 0 Å². The van der Waals surface area contributed by atoms with Crippen molar-refractivity contribution in [3.05, 3.63) is 23.7 Å². The molecule has 1 heterocycles. The third-order valence-electron chi connectivity index (χ3n) is 5.23. The second kappa shape index (κ2) is 8.72. The molecule has 0 bridgehead atoms. The summed E-state index contributed by atoms with van der Waals surface area (Å²) in [6, 6.07) is 0. The molecule has 0 saturated carbocycles. The van der Waals surface area contributed by atoms with Gasteiger partial charge in [0.25, 0.3) is 0 Å². The van der Waals surface area contributed by atoms with E-state index in [1.54, 1.807) is 6.92 Å². The highest BCUT2D eigenvalue weighted by Crippen LogP contribution is 2.51. The molecule has 1 aliphatic heterocycles. The van der Waals surface area contributed by atoms with Gasteiger partial charge >= 0.3 is 5.97 Å². The quantitative estimate of drug-likeness (QED) is 0.221. The third kappa shape index (κ3) is 6.82. The first-order valence-electron chi connectivity index (χ1n) is 11.6. The molecule has 2 rings (SSSR count). The van der Waals surface area contributed by atoms with Crippen LogP contribution in [0.2, 0.25) is 58.9 Å². The van der Waals surface area contributed by atoms with Gasteiger partial charge in [0.2, 0.25) is 22.4 Å². The lowest BCUT2D eigenvalue weighted by molar-refractivity contribution is -0.357. The Hall–Kier alpha value is -0.879. The Labute approximate surface area is 198 Å². The molecule has 1 saturated heterocycles. The van der Waals surface area contributed by atoms with E-state index in [1.165, 1.54) is 0 Å². The molecule has 0 aromatic rings. The largest absolute Gasteiger partial charge is 0.548 e. The fourth-order valence-electron chi connectivity index (χ4n) is 4.05. The van der Waals surface area contributed by atoms with Crippen molar-refractivity contribution < 1.29 is 27.5 Å². The molecule has 184 valence electrons. The van der Waals surface area contributed by atoms with E-state index in [9.17, 15) is 4.79 Å². The average Bonchev–Trinajstić information content (AvgIpc) is 2.51. The summed E-state index contributed by atoms with van der Waals surface area (Å²) in [5, 5.41) is 0. The Morgan fingerprint density at radius 3 is 2.12 bits per heavy atom. The minimum atomic E-state index is -2.08. The number of hydrogen-bond donors (Lipinski definition) is 0. The van der Waals surface area contributed by atoms with Crippen molar-refractivity contribution in [3.63, 3.8) is 0 Å². The second-order valence-corrected chi connectivity index (χ2v) is 25.7. The number of rotatable bonds is 8. The van der Waals surface area contributed by atoms with Gasteiger partial charge < -0.3 is 22.8 Å². The van der Waals surface area contributed by atoms with Gasteiger partial charge in [-0.3, -0.25) is 0 Å². The summed E-state index contributed by atoms with van der Waals surface area (Å²) in [4.78, 5) is 13.2. The molecular weight excluding hydrogens is 457 g/mol. The Kier molecular flexibility index (Phi) is 7.46. The van der Waals surface area contributed by atoms with Crippen molar-refractivity contribution in [3.8, 4) is 0 Å². The zero-order valence-corrected chi connectivity index (χ0v) is 25.2. The smallest absolute Gasteiger partial charge is 0.339 e. The molecule has 1 fully saturated rings. The van der Waals surface area contributed by atoms with Crippen LogP contribution in [-0.4, -0.2) is 47.9 Å². The Balaban J connectivity index is 2.43. The van der Waals surface area contributed by atoms with Gasteiger partial charge in [-0.2, -0.15) is 0 Å². The highest BCUT2D eigenvalue weighted by atomic mass is 28.4. The number of hydrogen-bond acceptors (Lipinski definition) is 6. The van der Waals surface area contributed by atoms with Crippen LogP contribution in [0.1, 0.15) is 40.0 Å². The van der Waals surface area contributed by atoms with Crippen LogP contribution in [0.5, 0.6) is 0 Å². The topological polar surface area (TPSA) is 63.2 Å². The Bertz CT molecular complexity index is 789. The average molecular weight is 501 g/mol. The van der Waals surface area contributed by atoms with Crippen molar-refractivity contribution in [1.29, 1.82) is 0 Å². The summed E-state index contributed by atoms with van der Waals surface area (Å²) in [5.74, 6) is 0.219. The zero-order valence-electron chi connectivity index (χ0n) is 22.2. The van der Waals surface area contributed by atoms with E-state index in [2.05, 4.69) is 58.9 Å². The number of ether oxygens (including phenoxy) is 2. The highest BCUT2D eigenvalue weighted by molar-refractivity contribution is 6.70. The van der Waals surface area contributed by atoms with E-state index >= 15 is 0 Å². The first kappa shape index (κ1) is 27.4. The SMILES string of the molecule is C/C(=C/C[C@]1(C)O[C@]2(O[Si](C)(C)C)CC(O[Si](C)(C)C)=CC[C@]2(C)OC1=O)O[Si](C)(C)C. The standard InChI is InChI=1S/C23H44O6Si3/c1-18(26-30(4,5)6)13-15-21(2)20(24)25-22(3)16-14-19(27-31(7,8)9)17-23(22,28-21)29-32(10,11)12/h13-14H,15-17H2,1-12H3/b18-13-/t21-,22-,23-/m0/s1. The molecule has 0 amide bonds. The van der Waals surface area contributed by atoms with Gasteiger partial charge in [0.05, 0.1) is 17.9 Å². The molecule has 0 aromatic heterocycles. The van der Waals surface area contributed by atoms with Crippen molar-refractivity contribution in [2.24, 2.45) is 0 Å². The van der Waals surface area contributed by atoms with Crippen molar-refractivity contribution in [2.45, 2.75) is 116 Å². The summed E-state index contributed by atoms with van der Waals surface area (Å²) in [6.45, 7) is 24.9. The molecule has 0 radical (unpaired) electrons. The van der Waals surface area contributed by atoms with E-state index in [-0.39, 0.29) is 5.97 Å². The lowest BCUT2D eigenvalue weighted by Crippen LogP contribution is -2.71. The van der Waals surface area contributed by atoms with Crippen LogP contribution in [0.3, 0.4) is 0 Å². The predicted molar refractivity (Wildman–Crippen MR) is 136 cm³/mol. The van der Waals surface area contributed by atoms with Crippen molar-refractivity contribution in [2.75, 3.05) is 0 Å². The van der Waals surface area contributed by atoms with Gasteiger partial charge in [0, 0.05) is 12.8 Å². The minimum absolute atomic E-state index is 0.350. The summed E-state index contributed by atoms with van der Waals surface area (Å²) >= 11 is 0. The lowest BCUT2D eigenvalue weighted by atomic mass is 9.80. The van der Waals surface area contributed by atoms with Gasteiger partial charge in [0.1, 0.15) is 0 Å². The second-order valence-electron chi connectivity index (χ2n) is 12.4. The first-order chi connectivity index (χ1) is 14.2. The van der Waals surface area contributed by atoms with Crippen LogP contribution in [-0.2, 0) is 27.5 Å². The molecule has 9 heteroatoms. The highest BCUT2D eigenvalue weighted by Gasteiger charge is 2.65. The number of fused-ring (bicyclic) bond motifs is 1. The third-order valence-corrected chi connectivity index (χ3v) is 7.98. The summed E-state index contributed by atoms with van der Waals surface area (Å²) in [6.07, 6.45) is 5.24. The predicted octanol–water partition coefficient (Wildman–Crippen LogP) is 6.30. The molecule has 0 N–H and O–H groups in total.